The molecule has 0 unspecified atom stereocenters. The minimum Gasteiger partial charge on any atom is -0.489 e. The van der Waals surface area contributed by atoms with Crippen LogP contribution in [-0.4, -0.2) is 0 Å². The third kappa shape index (κ3) is 3.07. The maximum absolute atomic E-state index is 12.1. The van der Waals surface area contributed by atoms with E-state index in [9.17, 15) is 4.39 Å². The predicted octanol–water partition coefficient (Wildman–Crippen LogP) is 4.17. The molecule has 1 nitrogen and oxygen atoms in total. The highest BCUT2D eigenvalue weighted by Crippen LogP contribution is 2.19. The molecule has 2 aliphatic heterocycles. The van der Waals surface area contributed by atoms with Crippen LogP contribution in [0.4, 0.5) is 4.39 Å². The van der Waals surface area contributed by atoms with Crippen LogP contribution in [0.25, 0.3) is 0 Å². The average Bonchev–Trinajstić information content (AvgIpc) is 2.32. The van der Waals surface area contributed by atoms with E-state index in [1.54, 1.807) is 12.1 Å². The molecule has 0 saturated carbocycles. The summed E-state index contributed by atoms with van der Waals surface area (Å²) in [5, 5.41) is 0. The second-order valence-corrected chi connectivity index (χ2v) is 4.29. The van der Waals surface area contributed by atoms with Crippen molar-refractivity contribution in [2.24, 2.45) is 0 Å². The average molecular weight is 281 g/mol. The van der Waals surface area contributed by atoms with Gasteiger partial charge in [-0.15, -0.1) is 0 Å². The molecule has 0 aliphatic carbocycles. The van der Waals surface area contributed by atoms with E-state index < -0.39 is 0 Å². The summed E-state index contributed by atoms with van der Waals surface area (Å²) >= 11 is 3.12. The Morgan fingerprint density at radius 1 is 1.06 bits per heavy atom. The number of rotatable bonds is 0. The first kappa shape index (κ1) is 11.1. The molecule has 0 N–H and O–H groups in total. The molecule has 0 amide bonds. The molecule has 0 spiro atoms. The minimum absolute atomic E-state index is 0.209. The predicted molar refractivity (Wildman–Crippen MR) is 64.9 cm³/mol. The van der Waals surface area contributed by atoms with Crippen molar-refractivity contribution < 1.29 is 9.13 Å². The van der Waals surface area contributed by atoms with Gasteiger partial charge in [0.1, 0.15) is 18.2 Å². The molecule has 3 heteroatoms. The van der Waals surface area contributed by atoms with Gasteiger partial charge in [0.25, 0.3) is 0 Å². The summed E-state index contributed by atoms with van der Waals surface area (Å²) in [6, 6.07) is 14.4. The second kappa shape index (κ2) is 5.12. The lowest BCUT2D eigenvalue weighted by atomic mass is 10.2. The van der Waals surface area contributed by atoms with Crippen LogP contribution in [-0.2, 0) is 6.61 Å². The largest absolute Gasteiger partial charge is 0.489 e. The van der Waals surface area contributed by atoms with Crippen molar-refractivity contribution in [1.82, 2.24) is 0 Å². The number of benzene rings is 2. The first-order valence-electron chi connectivity index (χ1n) is 4.87. The van der Waals surface area contributed by atoms with Gasteiger partial charge in [-0.05, 0) is 35.9 Å². The number of halogens is 2. The zero-order valence-electron chi connectivity index (χ0n) is 8.49. The summed E-state index contributed by atoms with van der Waals surface area (Å²) in [4.78, 5) is 0. The summed E-state index contributed by atoms with van der Waals surface area (Å²) in [7, 11) is 0. The monoisotopic (exact) mass is 280 g/mol. The summed E-state index contributed by atoms with van der Waals surface area (Å²) in [5.41, 5.74) is 1.26. The number of fused-ring (bicyclic) bond motifs is 3. The van der Waals surface area contributed by atoms with Crippen LogP contribution in [0.15, 0.2) is 53.0 Å². The maximum atomic E-state index is 12.1. The van der Waals surface area contributed by atoms with Crippen LogP contribution in [0.2, 0.25) is 0 Å². The van der Waals surface area contributed by atoms with Crippen molar-refractivity contribution in [3.63, 3.8) is 0 Å². The summed E-state index contributed by atoms with van der Waals surface area (Å²) in [5.74, 6) is 0.777. The Hall–Kier alpha value is -1.35. The lowest BCUT2D eigenvalue weighted by molar-refractivity contribution is 0.295. The summed E-state index contributed by atoms with van der Waals surface area (Å²) in [6.07, 6.45) is 0. The van der Waals surface area contributed by atoms with Gasteiger partial charge in [0.05, 0.1) is 0 Å². The summed E-state index contributed by atoms with van der Waals surface area (Å²) in [6.45, 7) is 0.766. The standard InChI is InChI=1S/C7H6O.C6H4BrF/c1-3-7-4-2-6(1)5-8-7;7-5-2-1-3-6(8)4-5/h1-4H,5H2;1-4H. The molecule has 2 aromatic rings. The van der Waals surface area contributed by atoms with E-state index in [0.717, 1.165) is 16.8 Å². The van der Waals surface area contributed by atoms with Gasteiger partial charge in [-0.2, -0.15) is 0 Å². The molecule has 2 aromatic carbocycles. The van der Waals surface area contributed by atoms with Crippen LogP contribution >= 0.6 is 15.9 Å². The van der Waals surface area contributed by atoms with Gasteiger partial charge in [-0.25, -0.2) is 4.39 Å². The van der Waals surface area contributed by atoms with Crippen molar-refractivity contribution in [3.8, 4) is 5.75 Å². The van der Waals surface area contributed by atoms with Crippen molar-refractivity contribution in [2.75, 3.05) is 0 Å². The molecule has 0 aromatic heterocycles. The fourth-order valence-corrected chi connectivity index (χ4v) is 1.68. The van der Waals surface area contributed by atoms with Crippen LogP contribution < -0.4 is 4.74 Å². The van der Waals surface area contributed by atoms with Crippen LogP contribution in [0.3, 0.4) is 0 Å². The van der Waals surface area contributed by atoms with E-state index in [2.05, 4.69) is 28.1 Å². The van der Waals surface area contributed by atoms with E-state index in [1.807, 2.05) is 12.1 Å². The van der Waals surface area contributed by atoms with E-state index in [0.29, 0.717) is 0 Å². The number of ether oxygens (including phenoxy) is 1. The number of hydrogen-bond acceptors (Lipinski definition) is 1. The summed E-state index contributed by atoms with van der Waals surface area (Å²) < 4.78 is 18.1. The van der Waals surface area contributed by atoms with Crippen molar-refractivity contribution >= 4 is 15.9 Å². The first-order chi connectivity index (χ1) is 7.74. The lowest BCUT2D eigenvalue weighted by Crippen LogP contribution is -2.00. The van der Waals surface area contributed by atoms with Crippen molar-refractivity contribution in [2.45, 2.75) is 6.61 Å². The Labute approximate surface area is 102 Å². The minimum atomic E-state index is -0.209. The van der Waals surface area contributed by atoms with E-state index >= 15 is 0 Å². The van der Waals surface area contributed by atoms with E-state index in [1.165, 1.54) is 17.7 Å². The highest BCUT2D eigenvalue weighted by molar-refractivity contribution is 9.10. The molecule has 0 atom stereocenters. The van der Waals surface area contributed by atoms with Gasteiger partial charge in [-0.1, -0.05) is 34.1 Å². The number of hydrogen-bond donors (Lipinski definition) is 0. The van der Waals surface area contributed by atoms with Crippen LogP contribution in [0.1, 0.15) is 5.56 Å². The highest BCUT2D eigenvalue weighted by Gasteiger charge is 2.01. The lowest BCUT2D eigenvalue weighted by Gasteiger charge is -2.11. The molecule has 0 radical (unpaired) electrons. The molecule has 2 heterocycles. The molecule has 2 aliphatic rings. The third-order valence-electron chi connectivity index (χ3n) is 2.12. The third-order valence-corrected chi connectivity index (χ3v) is 2.61. The molecular weight excluding hydrogens is 271 g/mol. The maximum Gasteiger partial charge on any atom is 0.124 e. The molecule has 2 bridgehead atoms. The Balaban J connectivity index is 0.000000120. The molecule has 16 heavy (non-hydrogen) atoms. The molecule has 0 saturated heterocycles. The highest BCUT2D eigenvalue weighted by atomic mass is 79.9. The Morgan fingerprint density at radius 3 is 2.06 bits per heavy atom. The molecule has 4 rings (SSSR count). The smallest absolute Gasteiger partial charge is 0.124 e. The quantitative estimate of drug-likeness (QED) is 0.704. The molecular formula is C13H10BrFO. The SMILES string of the molecule is Fc1cccc(Br)c1.c1cc2ccc1CO2. The molecule has 82 valence electrons. The van der Waals surface area contributed by atoms with Crippen molar-refractivity contribution in [3.05, 3.63) is 64.4 Å². The van der Waals surface area contributed by atoms with Gasteiger partial charge in [0.15, 0.2) is 0 Å². The van der Waals surface area contributed by atoms with Crippen molar-refractivity contribution in [1.29, 1.82) is 0 Å². The van der Waals surface area contributed by atoms with Gasteiger partial charge in [0.2, 0.25) is 0 Å². The second-order valence-electron chi connectivity index (χ2n) is 3.37. The first-order valence-corrected chi connectivity index (χ1v) is 5.66. The van der Waals surface area contributed by atoms with Crippen LogP contribution in [0, 0.1) is 5.82 Å². The van der Waals surface area contributed by atoms with Gasteiger partial charge < -0.3 is 4.74 Å². The Bertz CT molecular complexity index is 427. The van der Waals surface area contributed by atoms with Gasteiger partial charge >= 0.3 is 0 Å². The zero-order chi connectivity index (χ0) is 11.4. The zero-order valence-corrected chi connectivity index (χ0v) is 10.1. The molecule has 0 fully saturated rings. The Kier molecular flexibility index (Phi) is 3.57. The normalized spacial score (nSPS) is 11.4. The van der Waals surface area contributed by atoms with E-state index in [-0.39, 0.29) is 5.82 Å². The van der Waals surface area contributed by atoms with Crippen LogP contribution in [0.5, 0.6) is 5.75 Å². The van der Waals surface area contributed by atoms with Gasteiger partial charge in [-0.3, -0.25) is 0 Å². The van der Waals surface area contributed by atoms with Gasteiger partial charge in [0, 0.05) is 4.47 Å². The fraction of sp³-hybridized carbons (Fsp3) is 0.0769. The Morgan fingerprint density at radius 2 is 1.81 bits per heavy atom. The topological polar surface area (TPSA) is 9.23 Å². The fourth-order valence-electron chi connectivity index (χ4n) is 1.31. The van der Waals surface area contributed by atoms with E-state index in [4.69, 9.17) is 4.74 Å².